The van der Waals surface area contributed by atoms with Gasteiger partial charge >= 0.3 is 5.97 Å². The number of carbonyl (C=O) groups excluding carboxylic acids is 1. The Labute approximate surface area is 148 Å². The number of nitrogens with zero attached hydrogens (tertiary/aromatic N) is 2. The number of aliphatic carboxylic acids is 1. The van der Waals surface area contributed by atoms with Crippen molar-refractivity contribution in [3.05, 3.63) is 30.1 Å². The van der Waals surface area contributed by atoms with Crippen molar-refractivity contribution in [3.63, 3.8) is 0 Å². The molecule has 2 heterocycles. The maximum Gasteiger partial charge on any atom is 0.328 e. The van der Waals surface area contributed by atoms with Crippen LogP contribution < -0.4 is 0 Å². The van der Waals surface area contributed by atoms with E-state index in [0.29, 0.717) is 24.3 Å². The summed E-state index contributed by atoms with van der Waals surface area (Å²) in [4.78, 5) is 30.2. The summed E-state index contributed by atoms with van der Waals surface area (Å²) in [6.07, 6.45) is 6.29. The summed E-state index contributed by atoms with van der Waals surface area (Å²) < 4.78 is 5.98. The quantitative estimate of drug-likeness (QED) is 0.890. The molecule has 1 spiro atoms. The zero-order valence-corrected chi connectivity index (χ0v) is 15.1. The molecular weight excluding hydrogens is 320 g/mol. The minimum atomic E-state index is -1.02. The molecule has 25 heavy (non-hydrogen) atoms. The average molecular weight is 346 g/mol. The molecule has 2 aliphatic rings. The van der Waals surface area contributed by atoms with Gasteiger partial charge in [0.2, 0.25) is 0 Å². The summed E-state index contributed by atoms with van der Waals surface area (Å²) in [6, 6.07) is 2.30. The van der Waals surface area contributed by atoms with E-state index in [4.69, 9.17) is 4.74 Å². The number of carboxylic acid groups (broad SMARTS) is 1. The lowest BCUT2D eigenvalue weighted by atomic mass is 9.70. The molecule has 0 aromatic carbocycles. The van der Waals surface area contributed by atoms with Crippen molar-refractivity contribution < 1.29 is 19.4 Å². The molecule has 0 radical (unpaired) electrons. The van der Waals surface area contributed by atoms with E-state index in [0.717, 1.165) is 12.8 Å². The van der Waals surface area contributed by atoms with Gasteiger partial charge in [-0.3, -0.25) is 14.7 Å². The highest BCUT2D eigenvalue weighted by molar-refractivity contribution is 5.97. The van der Waals surface area contributed by atoms with E-state index in [1.165, 1.54) is 4.90 Å². The third-order valence-electron chi connectivity index (χ3n) is 5.68. The smallest absolute Gasteiger partial charge is 0.328 e. The third kappa shape index (κ3) is 3.27. The van der Waals surface area contributed by atoms with Gasteiger partial charge in [0.1, 0.15) is 5.72 Å². The van der Waals surface area contributed by atoms with Crippen molar-refractivity contribution in [3.8, 4) is 0 Å². The number of hydrogen-bond acceptors (Lipinski definition) is 4. The molecule has 0 unspecified atom stereocenters. The van der Waals surface area contributed by atoms with E-state index in [-0.39, 0.29) is 17.9 Å². The molecule has 3 rings (SSSR count). The number of aromatic nitrogens is 1. The maximum absolute atomic E-state index is 13.1. The predicted molar refractivity (Wildman–Crippen MR) is 91.9 cm³/mol. The Morgan fingerprint density at radius 3 is 2.36 bits per heavy atom. The number of hydrogen-bond donors (Lipinski definition) is 1. The van der Waals surface area contributed by atoms with Crippen molar-refractivity contribution in [2.75, 3.05) is 6.61 Å². The molecule has 1 aliphatic carbocycles. The zero-order valence-electron chi connectivity index (χ0n) is 15.1. The van der Waals surface area contributed by atoms with Crippen LogP contribution in [0, 0.1) is 11.3 Å². The fourth-order valence-electron chi connectivity index (χ4n) is 4.12. The van der Waals surface area contributed by atoms with Gasteiger partial charge in [0.05, 0.1) is 6.61 Å². The van der Waals surface area contributed by atoms with E-state index in [1.54, 1.807) is 24.5 Å². The van der Waals surface area contributed by atoms with Crippen LogP contribution in [-0.2, 0) is 9.53 Å². The van der Waals surface area contributed by atoms with Crippen LogP contribution in [0.25, 0.3) is 0 Å². The molecular formula is C19H26N2O4. The Morgan fingerprint density at radius 2 is 1.84 bits per heavy atom. The highest BCUT2D eigenvalue weighted by Crippen LogP contribution is 2.47. The third-order valence-corrected chi connectivity index (χ3v) is 5.68. The second-order valence-electron chi connectivity index (χ2n) is 8.16. The first kappa shape index (κ1) is 17.9. The van der Waals surface area contributed by atoms with Crippen LogP contribution in [0.15, 0.2) is 24.5 Å². The Hall–Kier alpha value is -1.95. The zero-order chi connectivity index (χ0) is 18.2. The van der Waals surface area contributed by atoms with Gasteiger partial charge in [-0.15, -0.1) is 0 Å². The molecule has 2 fully saturated rings. The van der Waals surface area contributed by atoms with Gasteiger partial charge in [-0.1, -0.05) is 20.8 Å². The molecule has 6 heteroatoms. The Bertz CT molecular complexity index is 645. The van der Waals surface area contributed by atoms with Crippen molar-refractivity contribution >= 4 is 11.9 Å². The van der Waals surface area contributed by atoms with Crippen molar-refractivity contribution in [1.29, 1.82) is 0 Å². The van der Waals surface area contributed by atoms with Crippen LogP contribution >= 0.6 is 0 Å². The highest BCUT2D eigenvalue weighted by atomic mass is 16.5. The summed E-state index contributed by atoms with van der Waals surface area (Å²) in [5.41, 5.74) is -0.151. The first-order valence-electron chi connectivity index (χ1n) is 8.85. The normalized spacial score (nSPS) is 29.8. The second kappa shape index (κ2) is 6.41. The molecule has 1 aromatic heterocycles. The van der Waals surface area contributed by atoms with Crippen LogP contribution in [0.4, 0.5) is 0 Å². The number of carboxylic acids is 1. The van der Waals surface area contributed by atoms with Gasteiger partial charge in [-0.2, -0.15) is 0 Å². The lowest BCUT2D eigenvalue weighted by Gasteiger charge is -2.46. The van der Waals surface area contributed by atoms with Crippen molar-refractivity contribution in [2.45, 2.75) is 58.2 Å². The summed E-state index contributed by atoms with van der Waals surface area (Å²) in [5.74, 6) is -0.762. The molecule has 0 bridgehead atoms. The summed E-state index contributed by atoms with van der Waals surface area (Å²) in [5, 5.41) is 9.59. The van der Waals surface area contributed by atoms with E-state index >= 15 is 0 Å². The number of ether oxygens (including phenoxy) is 1. The van der Waals surface area contributed by atoms with Gasteiger partial charge in [0, 0.05) is 18.0 Å². The number of rotatable bonds is 2. The minimum absolute atomic E-state index is 0.0480. The summed E-state index contributed by atoms with van der Waals surface area (Å²) in [7, 11) is 0. The highest BCUT2D eigenvalue weighted by Gasteiger charge is 2.54. The van der Waals surface area contributed by atoms with Crippen LogP contribution in [0.2, 0.25) is 0 Å². The van der Waals surface area contributed by atoms with Crippen LogP contribution in [0.5, 0.6) is 0 Å². The second-order valence-corrected chi connectivity index (χ2v) is 8.16. The molecule has 1 aromatic rings. The Kier molecular flexibility index (Phi) is 4.58. The van der Waals surface area contributed by atoms with E-state index in [2.05, 4.69) is 25.8 Å². The van der Waals surface area contributed by atoms with Crippen LogP contribution in [0.3, 0.4) is 0 Å². The van der Waals surface area contributed by atoms with Crippen LogP contribution in [-0.4, -0.2) is 45.2 Å². The molecule has 136 valence electrons. The molecule has 1 N–H and O–H groups in total. The largest absolute Gasteiger partial charge is 0.480 e. The lowest BCUT2D eigenvalue weighted by Crippen LogP contribution is -2.55. The first-order chi connectivity index (χ1) is 11.7. The van der Waals surface area contributed by atoms with Gasteiger partial charge in [0.25, 0.3) is 5.91 Å². The molecule has 1 aliphatic heterocycles. The molecule has 6 nitrogen and oxygen atoms in total. The minimum Gasteiger partial charge on any atom is -0.480 e. The van der Waals surface area contributed by atoms with Gasteiger partial charge in [-0.25, -0.2) is 4.79 Å². The molecule has 1 saturated heterocycles. The van der Waals surface area contributed by atoms with Crippen LogP contribution in [0.1, 0.15) is 56.8 Å². The van der Waals surface area contributed by atoms with Crippen molar-refractivity contribution in [1.82, 2.24) is 9.88 Å². The van der Waals surface area contributed by atoms with Gasteiger partial charge < -0.3 is 9.84 Å². The number of amides is 1. The van der Waals surface area contributed by atoms with Crippen molar-refractivity contribution in [2.24, 2.45) is 11.3 Å². The monoisotopic (exact) mass is 346 g/mol. The predicted octanol–water partition coefficient (Wildman–Crippen LogP) is 2.94. The van der Waals surface area contributed by atoms with E-state index in [9.17, 15) is 14.7 Å². The number of carbonyl (C=O) groups is 2. The van der Waals surface area contributed by atoms with E-state index < -0.39 is 17.7 Å². The maximum atomic E-state index is 13.1. The molecule has 1 saturated carbocycles. The molecule has 1 amide bonds. The Balaban J connectivity index is 1.88. The summed E-state index contributed by atoms with van der Waals surface area (Å²) >= 11 is 0. The topological polar surface area (TPSA) is 79.7 Å². The molecule has 1 atom stereocenters. The first-order valence-corrected chi connectivity index (χ1v) is 8.85. The fraction of sp³-hybridized carbons (Fsp3) is 0.632. The average Bonchev–Trinajstić information content (AvgIpc) is 2.93. The lowest BCUT2D eigenvalue weighted by molar-refractivity contribution is -0.144. The summed E-state index contributed by atoms with van der Waals surface area (Å²) in [6.45, 7) is 6.73. The Morgan fingerprint density at radius 1 is 1.24 bits per heavy atom. The van der Waals surface area contributed by atoms with Gasteiger partial charge in [0.15, 0.2) is 6.04 Å². The SMILES string of the molecule is CC(C)(C)C1CCC2(CC1)OC[C@H](C(=O)O)N2C(=O)c1ccncc1. The van der Waals surface area contributed by atoms with Gasteiger partial charge in [-0.05, 0) is 49.1 Å². The standard InChI is InChI=1S/C19H26N2O4/c1-18(2,3)14-4-8-19(9-5-14)21(15(12-25-19)17(23)24)16(22)13-6-10-20-11-7-13/h6-7,10-11,14-15H,4-5,8-9,12H2,1-3H3,(H,23,24)/t14?,15-,19?/m1/s1. The fourth-order valence-corrected chi connectivity index (χ4v) is 4.12. The number of pyridine rings is 1. The van der Waals surface area contributed by atoms with E-state index in [1.807, 2.05) is 0 Å².